The van der Waals surface area contributed by atoms with Crippen LogP contribution in [-0.2, 0) is 16.1 Å². The number of hydrogen-bond acceptors (Lipinski definition) is 4. The second-order valence-corrected chi connectivity index (χ2v) is 5.24. The summed E-state index contributed by atoms with van der Waals surface area (Å²) in [7, 11) is 0. The third-order valence-corrected chi connectivity index (χ3v) is 4.10. The number of benzene rings is 1. The number of amides is 1. The van der Waals surface area contributed by atoms with Crippen LogP contribution in [-0.4, -0.2) is 21.9 Å². The van der Waals surface area contributed by atoms with Gasteiger partial charge in [0.25, 0.3) is 5.69 Å². The molecule has 0 heterocycles. The van der Waals surface area contributed by atoms with E-state index in [9.17, 15) is 24.8 Å². The Bertz CT molecular complexity index is 607. The maximum atomic E-state index is 12.1. The number of aliphatic carboxylic acids is 1. The smallest absolute Gasteiger partial charge is 0.319 e. The van der Waals surface area contributed by atoms with Gasteiger partial charge in [-0.25, -0.2) is 0 Å². The minimum absolute atomic E-state index is 0.0154. The molecule has 1 aliphatic carbocycles. The van der Waals surface area contributed by atoms with Crippen LogP contribution in [0.4, 0.5) is 5.69 Å². The van der Waals surface area contributed by atoms with Crippen molar-refractivity contribution in [3.8, 4) is 0 Å². The zero-order valence-electron chi connectivity index (χ0n) is 11.6. The van der Waals surface area contributed by atoms with Gasteiger partial charge in [-0.05, 0) is 25.3 Å². The molecule has 1 aromatic carbocycles. The Labute approximate surface area is 121 Å². The molecule has 7 nitrogen and oxygen atoms in total. The highest BCUT2D eigenvalue weighted by Crippen LogP contribution is 2.41. The molecule has 1 aromatic rings. The lowest BCUT2D eigenvalue weighted by atomic mass is 9.68. The number of hydrogen-bond donors (Lipinski definition) is 2. The highest BCUT2D eigenvalue weighted by atomic mass is 16.6. The fourth-order valence-corrected chi connectivity index (χ4v) is 2.47. The summed E-state index contributed by atoms with van der Waals surface area (Å²) >= 11 is 0. The number of carboxylic acid groups (broad SMARTS) is 1. The third-order valence-electron chi connectivity index (χ3n) is 4.10. The van der Waals surface area contributed by atoms with Crippen molar-refractivity contribution >= 4 is 17.6 Å². The molecule has 21 heavy (non-hydrogen) atoms. The van der Waals surface area contributed by atoms with Crippen LogP contribution < -0.4 is 5.32 Å². The van der Waals surface area contributed by atoms with Gasteiger partial charge in [0.05, 0.1) is 4.92 Å². The Morgan fingerprint density at radius 1 is 1.43 bits per heavy atom. The Morgan fingerprint density at radius 3 is 2.57 bits per heavy atom. The first-order valence-electron chi connectivity index (χ1n) is 6.63. The van der Waals surface area contributed by atoms with Gasteiger partial charge >= 0.3 is 5.97 Å². The Hall–Kier alpha value is -2.44. The molecule has 0 atom stereocenters. The fraction of sp³-hybridized carbons (Fsp3) is 0.429. The number of nitro groups is 1. The first-order valence-corrected chi connectivity index (χ1v) is 6.63. The minimum atomic E-state index is -1.32. The molecule has 1 fully saturated rings. The lowest BCUT2D eigenvalue weighted by molar-refractivity contribution is -0.385. The van der Waals surface area contributed by atoms with E-state index in [1.54, 1.807) is 19.1 Å². The van der Waals surface area contributed by atoms with Crippen molar-refractivity contribution in [1.29, 1.82) is 0 Å². The molecule has 1 aliphatic rings. The van der Waals surface area contributed by atoms with Gasteiger partial charge in [0.2, 0.25) is 5.91 Å². The van der Waals surface area contributed by atoms with E-state index in [1.165, 1.54) is 6.07 Å². The van der Waals surface area contributed by atoms with Gasteiger partial charge in [-0.15, -0.1) is 0 Å². The third kappa shape index (κ3) is 2.58. The Morgan fingerprint density at radius 2 is 2.10 bits per heavy atom. The van der Waals surface area contributed by atoms with Crippen LogP contribution in [0.2, 0.25) is 0 Å². The van der Waals surface area contributed by atoms with Crippen LogP contribution in [0.5, 0.6) is 0 Å². The van der Waals surface area contributed by atoms with Crippen LogP contribution in [0.1, 0.15) is 30.4 Å². The molecule has 0 aliphatic heterocycles. The second-order valence-electron chi connectivity index (χ2n) is 5.24. The van der Waals surface area contributed by atoms with Gasteiger partial charge in [0, 0.05) is 18.2 Å². The van der Waals surface area contributed by atoms with Crippen molar-refractivity contribution in [2.24, 2.45) is 5.41 Å². The van der Waals surface area contributed by atoms with Gasteiger partial charge in [-0.3, -0.25) is 19.7 Å². The number of carbonyl (C=O) groups is 2. The van der Waals surface area contributed by atoms with Crippen molar-refractivity contribution in [2.45, 2.75) is 32.7 Å². The monoisotopic (exact) mass is 292 g/mol. The molecule has 1 saturated carbocycles. The van der Waals surface area contributed by atoms with Crippen molar-refractivity contribution in [1.82, 2.24) is 5.32 Å². The molecule has 7 heteroatoms. The molecule has 2 rings (SSSR count). The largest absolute Gasteiger partial charge is 0.480 e. The van der Waals surface area contributed by atoms with Crippen molar-refractivity contribution in [3.63, 3.8) is 0 Å². The second kappa shape index (κ2) is 5.51. The first-order chi connectivity index (χ1) is 9.88. The molecule has 2 N–H and O–H groups in total. The summed E-state index contributed by atoms with van der Waals surface area (Å²) in [5.74, 6) is -1.63. The van der Waals surface area contributed by atoms with E-state index >= 15 is 0 Å². The molecular weight excluding hydrogens is 276 g/mol. The number of carbonyl (C=O) groups excluding carboxylic acids is 1. The van der Waals surface area contributed by atoms with E-state index in [2.05, 4.69) is 5.32 Å². The lowest BCUT2D eigenvalue weighted by Crippen LogP contribution is -2.50. The van der Waals surface area contributed by atoms with Gasteiger partial charge in [0.15, 0.2) is 0 Å². The standard InChI is InChI=1S/C14H16N2O5/c1-9-10(4-2-5-11(9)16(20)21)8-15-12(17)14(13(18)19)6-3-7-14/h2,4-5H,3,6-8H2,1H3,(H,15,17)(H,18,19). The zero-order valence-corrected chi connectivity index (χ0v) is 11.6. The molecule has 0 unspecified atom stereocenters. The van der Waals surface area contributed by atoms with Gasteiger partial charge in [-0.1, -0.05) is 18.6 Å². The highest BCUT2D eigenvalue weighted by Gasteiger charge is 2.51. The summed E-state index contributed by atoms with van der Waals surface area (Å²) < 4.78 is 0. The quantitative estimate of drug-likeness (QED) is 0.488. The van der Waals surface area contributed by atoms with Gasteiger partial charge in [-0.2, -0.15) is 0 Å². The van der Waals surface area contributed by atoms with Crippen molar-refractivity contribution in [2.75, 3.05) is 0 Å². The summed E-state index contributed by atoms with van der Waals surface area (Å²) in [6.07, 6.45) is 1.39. The van der Waals surface area contributed by atoms with E-state index in [4.69, 9.17) is 0 Å². The fourth-order valence-electron chi connectivity index (χ4n) is 2.47. The highest BCUT2D eigenvalue weighted by molar-refractivity contribution is 6.02. The SMILES string of the molecule is Cc1c(CNC(=O)C2(C(=O)O)CCC2)cccc1[N+](=O)[O-]. The summed E-state index contributed by atoms with van der Waals surface area (Å²) in [6, 6.07) is 4.62. The summed E-state index contributed by atoms with van der Waals surface area (Å²) in [4.78, 5) is 33.7. The molecule has 0 aromatic heterocycles. The average Bonchev–Trinajstić information content (AvgIpc) is 2.35. The molecular formula is C14H16N2O5. The molecule has 0 radical (unpaired) electrons. The number of carboxylic acids is 1. The van der Waals surface area contributed by atoms with E-state index in [1.807, 2.05) is 0 Å². The molecule has 1 amide bonds. The molecule has 112 valence electrons. The first kappa shape index (κ1) is 15.0. The Kier molecular flexibility index (Phi) is 3.93. The predicted octanol–water partition coefficient (Wildman–Crippen LogP) is 1.77. The van der Waals surface area contributed by atoms with E-state index < -0.39 is 22.2 Å². The van der Waals surface area contributed by atoms with Crippen LogP contribution in [0.15, 0.2) is 18.2 Å². The normalized spacial score (nSPS) is 15.9. The maximum absolute atomic E-state index is 12.1. The average molecular weight is 292 g/mol. The maximum Gasteiger partial charge on any atom is 0.319 e. The lowest BCUT2D eigenvalue weighted by Gasteiger charge is -2.35. The topological polar surface area (TPSA) is 110 Å². The summed E-state index contributed by atoms with van der Waals surface area (Å²) in [5, 5.41) is 22.6. The number of nitro benzene ring substituents is 1. The summed E-state index contributed by atoms with van der Waals surface area (Å²) in [5.41, 5.74) is -0.259. The zero-order chi connectivity index (χ0) is 15.6. The number of nitrogens with one attached hydrogen (secondary N) is 1. The van der Waals surface area contributed by atoms with Crippen LogP contribution in [0.3, 0.4) is 0 Å². The van der Waals surface area contributed by atoms with E-state index in [0.29, 0.717) is 24.0 Å². The van der Waals surface area contributed by atoms with Crippen molar-refractivity contribution < 1.29 is 19.6 Å². The molecule has 0 spiro atoms. The Balaban J connectivity index is 2.10. The summed E-state index contributed by atoms with van der Waals surface area (Å²) in [6.45, 7) is 1.69. The van der Waals surface area contributed by atoms with E-state index in [-0.39, 0.29) is 12.2 Å². The van der Waals surface area contributed by atoms with Gasteiger partial charge < -0.3 is 10.4 Å². The predicted molar refractivity (Wildman–Crippen MR) is 73.6 cm³/mol. The molecule has 0 saturated heterocycles. The number of nitrogens with zero attached hydrogens (tertiary/aromatic N) is 1. The minimum Gasteiger partial charge on any atom is -0.480 e. The number of rotatable bonds is 5. The van der Waals surface area contributed by atoms with E-state index in [0.717, 1.165) is 6.42 Å². The van der Waals surface area contributed by atoms with Crippen LogP contribution >= 0.6 is 0 Å². The van der Waals surface area contributed by atoms with Crippen LogP contribution in [0, 0.1) is 22.5 Å². The van der Waals surface area contributed by atoms with Gasteiger partial charge in [0.1, 0.15) is 5.41 Å². The molecule has 0 bridgehead atoms. The van der Waals surface area contributed by atoms with Crippen LogP contribution in [0.25, 0.3) is 0 Å². The van der Waals surface area contributed by atoms with Crippen molar-refractivity contribution in [3.05, 3.63) is 39.4 Å².